The van der Waals surface area contributed by atoms with Crippen molar-refractivity contribution in [2.24, 2.45) is 0 Å². The zero-order chi connectivity index (χ0) is 15.3. The first-order valence-electron chi connectivity index (χ1n) is 7.04. The second-order valence-electron chi connectivity index (χ2n) is 5.22. The maximum Gasteiger partial charge on any atom is 0.349 e. The number of rotatable bonds is 5. The summed E-state index contributed by atoms with van der Waals surface area (Å²) in [5.41, 5.74) is 1.26. The van der Waals surface area contributed by atoms with Crippen LogP contribution in [0, 0.1) is 0 Å². The Labute approximate surface area is 125 Å². The number of hydrogen-bond acceptors (Lipinski definition) is 3. The van der Waals surface area contributed by atoms with Gasteiger partial charge in [0, 0.05) is 0 Å². The summed E-state index contributed by atoms with van der Waals surface area (Å²) < 4.78 is 10.7. The summed E-state index contributed by atoms with van der Waals surface area (Å²) >= 11 is 0. The summed E-state index contributed by atoms with van der Waals surface area (Å²) in [6.07, 6.45) is 0. The smallest absolute Gasteiger partial charge is 0.349 e. The van der Waals surface area contributed by atoms with Gasteiger partial charge in [-0.2, -0.15) is 0 Å². The fraction of sp³-hybridized carbons (Fsp3) is 0.278. The third-order valence-electron chi connectivity index (χ3n) is 3.10. The standard InChI is InChI=1S/C18H20O3/c1-4-20-17(19)18(2,3)21-16-12-10-15(11-13-16)14-8-6-5-7-9-14/h5-13H,4H2,1-3H3. The Balaban J connectivity index is 2.11. The SMILES string of the molecule is CCOC(=O)C(C)(C)Oc1ccc(-c2ccccc2)cc1. The molecule has 0 bridgehead atoms. The number of benzene rings is 2. The van der Waals surface area contributed by atoms with E-state index in [2.05, 4.69) is 12.1 Å². The van der Waals surface area contributed by atoms with Crippen molar-refractivity contribution in [1.82, 2.24) is 0 Å². The molecule has 0 aromatic heterocycles. The highest BCUT2D eigenvalue weighted by Crippen LogP contribution is 2.25. The molecule has 0 spiro atoms. The molecular weight excluding hydrogens is 264 g/mol. The molecule has 0 saturated carbocycles. The number of esters is 1. The fourth-order valence-corrected chi connectivity index (χ4v) is 1.99. The van der Waals surface area contributed by atoms with Crippen molar-refractivity contribution in [3.8, 4) is 16.9 Å². The number of carbonyl (C=O) groups is 1. The van der Waals surface area contributed by atoms with Crippen LogP contribution in [0.25, 0.3) is 11.1 Å². The molecule has 2 aromatic rings. The van der Waals surface area contributed by atoms with Crippen molar-refractivity contribution in [3.05, 3.63) is 54.6 Å². The minimum absolute atomic E-state index is 0.346. The van der Waals surface area contributed by atoms with E-state index >= 15 is 0 Å². The van der Waals surface area contributed by atoms with Crippen molar-refractivity contribution in [3.63, 3.8) is 0 Å². The number of ether oxygens (including phenoxy) is 2. The minimum Gasteiger partial charge on any atom is -0.476 e. The molecule has 0 atom stereocenters. The van der Waals surface area contributed by atoms with E-state index < -0.39 is 5.60 Å². The van der Waals surface area contributed by atoms with Crippen LogP contribution in [0.2, 0.25) is 0 Å². The minimum atomic E-state index is -0.996. The molecule has 0 amide bonds. The Bertz CT molecular complexity index is 586. The average molecular weight is 284 g/mol. The monoisotopic (exact) mass is 284 g/mol. The Kier molecular flexibility index (Phi) is 4.63. The highest BCUT2D eigenvalue weighted by Gasteiger charge is 2.31. The molecule has 0 N–H and O–H groups in total. The second kappa shape index (κ2) is 6.44. The van der Waals surface area contributed by atoms with E-state index in [0.717, 1.165) is 11.1 Å². The summed E-state index contributed by atoms with van der Waals surface area (Å²) in [4.78, 5) is 11.8. The van der Waals surface area contributed by atoms with Gasteiger partial charge < -0.3 is 9.47 Å². The molecule has 0 radical (unpaired) electrons. The third-order valence-corrected chi connectivity index (χ3v) is 3.10. The van der Waals surface area contributed by atoms with Gasteiger partial charge in [0.1, 0.15) is 5.75 Å². The Morgan fingerprint density at radius 2 is 1.52 bits per heavy atom. The first kappa shape index (κ1) is 15.1. The molecule has 2 rings (SSSR count). The van der Waals surface area contributed by atoms with Crippen molar-refractivity contribution in [2.45, 2.75) is 26.4 Å². The number of hydrogen-bond donors (Lipinski definition) is 0. The molecule has 3 heteroatoms. The van der Waals surface area contributed by atoms with Gasteiger partial charge in [-0.3, -0.25) is 0 Å². The van der Waals surface area contributed by atoms with Crippen LogP contribution in [0.3, 0.4) is 0 Å². The molecule has 0 fully saturated rings. The predicted octanol–water partition coefficient (Wildman–Crippen LogP) is 4.07. The average Bonchev–Trinajstić information content (AvgIpc) is 2.49. The summed E-state index contributed by atoms with van der Waals surface area (Å²) in [6.45, 7) is 5.54. The molecule has 0 aliphatic rings. The largest absolute Gasteiger partial charge is 0.476 e. The van der Waals surface area contributed by atoms with Crippen LogP contribution in [0.5, 0.6) is 5.75 Å². The molecule has 0 unspecified atom stereocenters. The van der Waals surface area contributed by atoms with E-state index in [1.165, 1.54) is 0 Å². The highest BCUT2D eigenvalue weighted by molar-refractivity contribution is 5.79. The molecule has 3 nitrogen and oxygen atoms in total. The van der Waals surface area contributed by atoms with E-state index in [1.807, 2.05) is 42.5 Å². The lowest BCUT2D eigenvalue weighted by atomic mass is 10.1. The van der Waals surface area contributed by atoms with Gasteiger partial charge in [0.05, 0.1) is 6.61 Å². The quantitative estimate of drug-likeness (QED) is 0.776. The molecule has 110 valence electrons. The van der Waals surface area contributed by atoms with Crippen LogP contribution in [-0.2, 0) is 9.53 Å². The van der Waals surface area contributed by atoms with Crippen LogP contribution in [0.4, 0.5) is 0 Å². The zero-order valence-electron chi connectivity index (χ0n) is 12.6. The predicted molar refractivity (Wildman–Crippen MR) is 83.2 cm³/mol. The Morgan fingerprint density at radius 3 is 2.10 bits per heavy atom. The third kappa shape index (κ3) is 3.85. The van der Waals surface area contributed by atoms with Gasteiger partial charge in [0.2, 0.25) is 0 Å². The lowest BCUT2D eigenvalue weighted by molar-refractivity contribution is -0.158. The van der Waals surface area contributed by atoms with Crippen LogP contribution in [0.15, 0.2) is 54.6 Å². The summed E-state index contributed by atoms with van der Waals surface area (Å²) in [5.74, 6) is 0.282. The number of carbonyl (C=O) groups excluding carboxylic acids is 1. The van der Waals surface area contributed by atoms with Crippen LogP contribution >= 0.6 is 0 Å². The van der Waals surface area contributed by atoms with Gasteiger partial charge in [-0.25, -0.2) is 4.79 Å². The summed E-state index contributed by atoms with van der Waals surface area (Å²) in [7, 11) is 0. The van der Waals surface area contributed by atoms with Gasteiger partial charge in [-0.1, -0.05) is 42.5 Å². The van der Waals surface area contributed by atoms with Crippen molar-refractivity contribution < 1.29 is 14.3 Å². The van der Waals surface area contributed by atoms with Gasteiger partial charge >= 0.3 is 5.97 Å². The molecular formula is C18H20O3. The van der Waals surface area contributed by atoms with Crippen LogP contribution in [0.1, 0.15) is 20.8 Å². The normalized spacial score (nSPS) is 11.0. The second-order valence-corrected chi connectivity index (χ2v) is 5.22. The molecule has 2 aromatic carbocycles. The van der Waals surface area contributed by atoms with Gasteiger partial charge in [-0.15, -0.1) is 0 Å². The lowest BCUT2D eigenvalue weighted by Crippen LogP contribution is -2.39. The molecule has 0 aliphatic heterocycles. The van der Waals surface area contributed by atoms with E-state index in [0.29, 0.717) is 12.4 Å². The van der Waals surface area contributed by atoms with Crippen molar-refractivity contribution >= 4 is 5.97 Å². The van der Waals surface area contributed by atoms with E-state index in [-0.39, 0.29) is 5.97 Å². The molecule has 0 saturated heterocycles. The zero-order valence-corrected chi connectivity index (χ0v) is 12.6. The van der Waals surface area contributed by atoms with Crippen LogP contribution in [-0.4, -0.2) is 18.2 Å². The molecule has 0 heterocycles. The Hall–Kier alpha value is -2.29. The Morgan fingerprint density at radius 1 is 0.952 bits per heavy atom. The fourth-order valence-electron chi connectivity index (χ4n) is 1.99. The lowest BCUT2D eigenvalue weighted by Gasteiger charge is -2.24. The van der Waals surface area contributed by atoms with Gasteiger partial charge in [0.15, 0.2) is 5.60 Å². The van der Waals surface area contributed by atoms with Gasteiger partial charge in [0.25, 0.3) is 0 Å². The summed E-state index contributed by atoms with van der Waals surface area (Å²) in [5, 5.41) is 0. The molecule has 21 heavy (non-hydrogen) atoms. The topological polar surface area (TPSA) is 35.5 Å². The molecule has 0 aliphatic carbocycles. The first-order valence-corrected chi connectivity index (χ1v) is 7.04. The van der Waals surface area contributed by atoms with Gasteiger partial charge in [-0.05, 0) is 44.0 Å². The highest BCUT2D eigenvalue weighted by atomic mass is 16.6. The van der Waals surface area contributed by atoms with Crippen molar-refractivity contribution in [1.29, 1.82) is 0 Å². The van der Waals surface area contributed by atoms with E-state index in [4.69, 9.17) is 9.47 Å². The van der Waals surface area contributed by atoms with E-state index in [1.54, 1.807) is 20.8 Å². The maximum atomic E-state index is 11.8. The van der Waals surface area contributed by atoms with Crippen LogP contribution < -0.4 is 4.74 Å². The summed E-state index contributed by atoms with van der Waals surface area (Å²) in [6, 6.07) is 17.8. The van der Waals surface area contributed by atoms with Crippen molar-refractivity contribution in [2.75, 3.05) is 6.61 Å². The van der Waals surface area contributed by atoms with E-state index in [9.17, 15) is 4.79 Å². The maximum absolute atomic E-state index is 11.8. The first-order chi connectivity index (χ1) is 10.0.